The number of benzene rings is 2. The molecule has 0 fully saturated rings. The van der Waals surface area contributed by atoms with Gasteiger partial charge in [0.1, 0.15) is 0 Å². The van der Waals surface area contributed by atoms with E-state index in [4.69, 9.17) is 4.74 Å². The number of nitrogens with one attached hydrogen (secondary N) is 3. The first-order valence-electron chi connectivity index (χ1n) is 8.67. The Balaban J connectivity index is 1.94. The summed E-state index contributed by atoms with van der Waals surface area (Å²) in [4.78, 5) is 47.6. The average Bonchev–Trinajstić information content (AvgIpc) is 2.71. The van der Waals surface area contributed by atoms with E-state index in [-0.39, 0.29) is 29.6 Å². The molecule has 0 heterocycles. The quantitative estimate of drug-likeness (QED) is 0.596. The maximum atomic E-state index is 12.3. The predicted molar refractivity (Wildman–Crippen MR) is 103 cm³/mol. The third-order valence-corrected chi connectivity index (χ3v) is 3.59. The van der Waals surface area contributed by atoms with Gasteiger partial charge in [0.25, 0.3) is 11.8 Å². The van der Waals surface area contributed by atoms with Gasteiger partial charge in [0.05, 0.1) is 17.8 Å². The van der Waals surface area contributed by atoms with Crippen LogP contribution in [0.25, 0.3) is 0 Å². The van der Waals surface area contributed by atoms with Crippen LogP contribution in [0.1, 0.15) is 27.6 Å². The van der Waals surface area contributed by atoms with Gasteiger partial charge in [-0.2, -0.15) is 0 Å². The standard InChI is InChI=1S/C20H21N3O5/c1-2-21-17(24)12-22-18(25)13-28-20(27)15-10-6-7-11-16(15)23-19(26)14-8-4-3-5-9-14/h3-11H,2,12-13H2,1H3,(H,21,24)(H,22,25)(H,23,26). The number of hydrogen-bond donors (Lipinski definition) is 3. The zero-order valence-electron chi connectivity index (χ0n) is 15.4. The minimum atomic E-state index is -0.767. The molecule has 8 heteroatoms. The predicted octanol–water partition coefficient (Wildman–Crippen LogP) is 1.35. The second kappa shape index (κ2) is 10.5. The highest BCUT2D eigenvalue weighted by Crippen LogP contribution is 2.17. The lowest BCUT2D eigenvalue weighted by molar-refractivity contribution is -0.127. The van der Waals surface area contributed by atoms with Crippen LogP contribution >= 0.6 is 0 Å². The molecule has 0 aliphatic carbocycles. The average molecular weight is 383 g/mol. The third kappa shape index (κ3) is 6.24. The number of ether oxygens (including phenoxy) is 1. The number of para-hydroxylation sites is 1. The van der Waals surface area contributed by atoms with Crippen LogP contribution in [0.2, 0.25) is 0 Å². The lowest BCUT2D eigenvalue weighted by Crippen LogP contribution is -2.38. The fourth-order valence-electron chi connectivity index (χ4n) is 2.25. The summed E-state index contributed by atoms with van der Waals surface area (Å²) in [5.41, 5.74) is 0.822. The Hall–Kier alpha value is -3.68. The molecule has 0 unspecified atom stereocenters. The van der Waals surface area contributed by atoms with Gasteiger partial charge in [-0.1, -0.05) is 30.3 Å². The Bertz CT molecular complexity index is 852. The molecular weight excluding hydrogens is 362 g/mol. The summed E-state index contributed by atoms with van der Waals surface area (Å²) in [6.45, 7) is 1.47. The first-order chi connectivity index (χ1) is 13.5. The summed E-state index contributed by atoms with van der Waals surface area (Å²) in [5, 5.41) is 7.53. The van der Waals surface area contributed by atoms with Gasteiger partial charge in [-0.05, 0) is 31.2 Å². The van der Waals surface area contributed by atoms with E-state index >= 15 is 0 Å². The normalized spacial score (nSPS) is 9.89. The van der Waals surface area contributed by atoms with Gasteiger partial charge in [0.15, 0.2) is 6.61 Å². The number of hydrogen-bond acceptors (Lipinski definition) is 5. The zero-order chi connectivity index (χ0) is 20.4. The monoisotopic (exact) mass is 383 g/mol. The van der Waals surface area contributed by atoms with Gasteiger partial charge in [0.2, 0.25) is 5.91 Å². The van der Waals surface area contributed by atoms with E-state index in [1.165, 1.54) is 6.07 Å². The van der Waals surface area contributed by atoms with Crippen molar-refractivity contribution < 1.29 is 23.9 Å². The van der Waals surface area contributed by atoms with Crippen LogP contribution in [0.3, 0.4) is 0 Å². The number of anilines is 1. The lowest BCUT2D eigenvalue weighted by Gasteiger charge is -2.11. The maximum Gasteiger partial charge on any atom is 0.340 e. The number of likely N-dealkylation sites (N-methyl/N-ethyl adjacent to an activating group) is 1. The summed E-state index contributed by atoms with van der Waals surface area (Å²) in [7, 11) is 0. The fourth-order valence-corrected chi connectivity index (χ4v) is 2.25. The molecule has 0 radical (unpaired) electrons. The second-order valence-corrected chi connectivity index (χ2v) is 5.67. The number of carbonyl (C=O) groups excluding carboxylic acids is 4. The minimum absolute atomic E-state index is 0.114. The molecule has 0 saturated carbocycles. The van der Waals surface area contributed by atoms with Gasteiger partial charge >= 0.3 is 5.97 Å². The van der Waals surface area contributed by atoms with Gasteiger partial charge in [-0.15, -0.1) is 0 Å². The minimum Gasteiger partial charge on any atom is -0.452 e. The van der Waals surface area contributed by atoms with Crippen LogP contribution in [0.15, 0.2) is 54.6 Å². The van der Waals surface area contributed by atoms with Crippen LogP contribution in [0.5, 0.6) is 0 Å². The van der Waals surface area contributed by atoms with Crippen LogP contribution in [0.4, 0.5) is 5.69 Å². The summed E-state index contributed by atoms with van der Waals surface area (Å²) in [5.74, 6) is -2.08. The van der Waals surface area contributed by atoms with Gasteiger partial charge in [0, 0.05) is 12.1 Å². The third-order valence-electron chi connectivity index (χ3n) is 3.59. The van der Waals surface area contributed by atoms with E-state index in [1.807, 2.05) is 0 Å². The summed E-state index contributed by atoms with van der Waals surface area (Å²) >= 11 is 0. The molecule has 3 N–H and O–H groups in total. The fraction of sp³-hybridized carbons (Fsp3) is 0.200. The number of amides is 3. The van der Waals surface area contributed by atoms with E-state index in [0.29, 0.717) is 12.1 Å². The van der Waals surface area contributed by atoms with Crippen LogP contribution in [0, 0.1) is 0 Å². The van der Waals surface area contributed by atoms with Crippen molar-refractivity contribution in [1.82, 2.24) is 10.6 Å². The molecule has 28 heavy (non-hydrogen) atoms. The number of rotatable bonds is 8. The highest BCUT2D eigenvalue weighted by molar-refractivity contribution is 6.08. The van der Waals surface area contributed by atoms with E-state index < -0.39 is 18.5 Å². The molecule has 3 amide bonds. The smallest absolute Gasteiger partial charge is 0.340 e. The molecule has 0 spiro atoms. The second-order valence-electron chi connectivity index (χ2n) is 5.67. The van der Waals surface area contributed by atoms with Crippen molar-refractivity contribution in [2.45, 2.75) is 6.92 Å². The van der Waals surface area contributed by atoms with E-state index in [9.17, 15) is 19.2 Å². The summed E-state index contributed by atoms with van der Waals surface area (Å²) < 4.78 is 4.98. The highest BCUT2D eigenvalue weighted by atomic mass is 16.5. The van der Waals surface area contributed by atoms with Gasteiger partial charge in [-0.25, -0.2) is 4.79 Å². The van der Waals surface area contributed by atoms with E-state index in [2.05, 4.69) is 16.0 Å². The Morgan fingerprint density at radius 2 is 1.54 bits per heavy atom. The molecule has 2 aromatic carbocycles. The van der Waals surface area contributed by atoms with Crippen molar-refractivity contribution in [2.75, 3.05) is 25.0 Å². The zero-order valence-corrected chi connectivity index (χ0v) is 15.4. The highest BCUT2D eigenvalue weighted by Gasteiger charge is 2.16. The van der Waals surface area contributed by atoms with Crippen molar-refractivity contribution in [1.29, 1.82) is 0 Å². The lowest BCUT2D eigenvalue weighted by atomic mass is 10.1. The molecule has 146 valence electrons. The van der Waals surface area contributed by atoms with Gasteiger partial charge in [-0.3, -0.25) is 14.4 Å². The van der Waals surface area contributed by atoms with Crippen LogP contribution < -0.4 is 16.0 Å². The van der Waals surface area contributed by atoms with Crippen LogP contribution in [-0.2, 0) is 14.3 Å². The Morgan fingerprint density at radius 3 is 2.25 bits per heavy atom. The molecule has 8 nitrogen and oxygen atoms in total. The summed E-state index contributed by atoms with van der Waals surface area (Å²) in [6.07, 6.45) is 0. The van der Waals surface area contributed by atoms with Crippen molar-refractivity contribution >= 4 is 29.4 Å². The van der Waals surface area contributed by atoms with E-state index in [1.54, 1.807) is 55.5 Å². The molecule has 0 aliphatic rings. The first-order valence-corrected chi connectivity index (χ1v) is 8.67. The first kappa shape index (κ1) is 20.6. The number of esters is 1. The molecule has 2 rings (SSSR count). The molecule has 0 saturated heterocycles. The molecule has 0 aliphatic heterocycles. The molecule has 0 bridgehead atoms. The topological polar surface area (TPSA) is 114 Å². The Morgan fingerprint density at radius 1 is 0.857 bits per heavy atom. The van der Waals surface area contributed by atoms with Crippen molar-refractivity contribution in [3.8, 4) is 0 Å². The van der Waals surface area contributed by atoms with E-state index in [0.717, 1.165) is 0 Å². The van der Waals surface area contributed by atoms with Crippen molar-refractivity contribution in [3.05, 3.63) is 65.7 Å². The van der Waals surface area contributed by atoms with Gasteiger partial charge < -0.3 is 20.7 Å². The van der Waals surface area contributed by atoms with Crippen molar-refractivity contribution in [2.24, 2.45) is 0 Å². The maximum absolute atomic E-state index is 12.3. The Kier molecular flexibility index (Phi) is 7.71. The molecule has 2 aromatic rings. The summed E-state index contributed by atoms with van der Waals surface area (Å²) in [6, 6.07) is 14.9. The largest absolute Gasteiger partial charge is 0.452 e. The van der Waals surface area contributed by atoms with Crippen LogP contribution in [-0.4, -0.2) is 43.4 Å². The SMILES string of the molecule is CCNC(=O)CNC(=O)COC(=O)c1ccccc1NC(=O)c1ccccc1. The number of carbonyl (C=O) groups is 4. The molecule has 0 atom stereocenters. The molecule has 0 aromatic heterocycles. The Labute approximate surface area is 162 Å². The molecular formula is C20H21N3O5. The van der Waals surface area contributed by atoms with Crippen molar-refractivity contribution in [3.63, 3.8) is 0 Å².